The van der Waals surface area contributed by atoms with Gasteiger partial charge in [-0.25, -0.2) is 13.8 Å². The van der Waals surface area contributed by atoms with Crippen LogP contribution in [0.25, 0.3) is 0 Å². The Hall–Kier alpha value is -0.815. The van der Waals surface area contributed by atoms with Crippen LogP contribution in [0.15, 0.2) is 12.3 Å². The van der Waals surface area contributed by atoms with Gasteiger partial charge in [-0.2, -0.15) is 12.6 Å². The van der Waals surface area contributed by atoms with Crippen molar-refractivity contribution in [2.24, 2.45) is 0 Å². The van der Waals surface area contributed by atoms with E-state index in [0.29, 0.717) is 18.3 Å². The molecule has 1 aromatic rings. The van der Waals surface area contributed by atoms with Gasteiger partial charge in [0.2, 0.25) is 0 Å². The molecular formula is C16H24BF2NO2S. The summed E-state index contributed by atoms with van der Waals surface area (Å²) in [5.41, 5.74) is -0.779. The van der Waals surface area contributed by atoms with Crippen molar-refractivity contribution in [3.05, 3.63) is 18.1 Å². The molecule has 0 atom stereocenters. The van der Waals surface area contributed by atoms with Gasteiger partial charge in [0.05, 0.1) is 5.60 Å². The maximum atomic E-state index is 14.2. The van der Waals surface area contributed by atoms with Gasteiger partial charge >= 0.3 is 7.48 Å². The lowest BCUT2D eigenvalue weighted by Crippen LogP contribution is -2.46. The lowest BCUT2D eigenvalue weighted by Gasteiger charge is -2.39. The predicted molar refractivity (Wildman–Crippen MR) is 92.4 cm³/mol. The minimum Gasteiger partial charge on any atom is -0.466 e. The average Bonchev–Trinajstić information content (AvgIpc) is 2.41. The van der Waals surface area contributed by atoms with Crippen molar-refractivity contribution in [3.8, 4) is 5.88 Å². The molecule has 1 heterocycles. The van der Waals surface area contributed by atoms with Crippen LogP contribution in [0.1, 0.15) is 47.0 Å². The van der Waals surface area contributed by atoms with Gasteiger partial charge in [0.1, 0.15) is 12.3 Å². The molecule has 0 aromatic carbocycles. The lowest BCUT2D eigenvalue weighted by atomic mass is 9.81. The molecule has 0 N–H and O–H groups in total. The maximum Gasteiger partial charge on any atom is 0.311 e. The predicted octanol–water partition coefficient (Wildman–Crippen LogP) is 2.97. The summed E-state index contributed by atoms with van der Waals surface area (Å²) in [6, 6.07) is 1.33. The summed E-state index contributed by atoms with van der Waals surface area (Å²) in [6.45, 7) is 7.16. The Bertz CT molecular complexity index is 554. The Morgan fingerprint density at radius 3 is 2.43 bits per heavy atom. The molecule has 0 amide bonds. The highest BCUT2D eigenvalue weighted by Crippen LogP contribution is 2.37. The van der Waals surface area contributed by atoms with Crippen molar-refractivity contribution in [1.82, 2.24) is 4.98 Å². The molecule has 1 aromatic heterocycles. The maximum absolute atomic E-state index is 14.2. The second-order valence-electron chi connectivity index (χ2n) is 7.26. The number of rotatable bonds is 7. The Labute approximate surface area is 142 Å². The molecule has 0 radical (unpaired) electrons. The van der Waals surface area contributed by atoms with Crippen LogP contribution < -0.4 is 10.2 Å². The summed E-state index contributed by atoms with van der Waals surface area (Å²) >= 11 is 4.52. The molecule has 1 aliphatic rings. The van der Waals surface area contributed by atoms with Gasteiger partial charge in [0.15, 0.2) is 5.82 Å². The van der Waals surface area contributed by atoms with E-state index in [1.807, 2.05) is 27.7 Å². The topological polar surface area (TPSA) is 31.4 Å². The third-order valence-electron chi connectivity index (χ3n) is 4.76. The molecule has 3 nitrogen and oxygen atoms in total. The fourth-order valence-corrected chi connectivity index (χ4v) is 2.16. The van der Waals surface area contributed by atoms with E-state index in [0.717, 1.165) is 6.42 Å². The minimum atomic E-state index is -0.885. The number of halogens is 2. The number of hydrogen-bond acceptors (Lipinski definition) is 4. The standard InChI is InChI=1S/C16H24BF2NO2S/c1-14(2,15(3,4)23)22-17-11-8-12(19)13(20-9-11)21-16(10-18)6-5-7-16/h8-9,17,23H,5-7,10H2,1-4H3. The molecule has 23 heavy (non-hydrogen) atoms. The molecule has 7 heteroatoms. The quantitative estimate of drug-likeness (QED) is 0.610. The van der Waals surface area contributed by atoms with Gasteiger partial charge in [-0.3, -0.25) is 0 Å². The van der Waals surface area contributed by atoms with Gasteiger partial charge in [-0.15, -0.1) is 0 Å². The highest BCUT2D eigenvalue weighted by atomic mass is 32.1. The monoisotopic (exact) mass is 343 g/mol. The van der Waals surface area contributed by atoms with Crippen LogP contribution in [0.2, 0.25) is 0 Å². The molecule has 1 fully saturated rings. The smallest absolute Gasteiger partial charge is 0.311 e. The Balaban J connectivity index is 2.02. The molecule has 0 bridgehead atoms. The number of aromatic nitrogens is 1. The summed E-state index contributed by atoms with van der Waals surface area (Å²) < 4.78 is 38.2. The van der Waals surface area contributed by atoms with E-state index in [2.05, 4.69) is 17.6 Å². The lowest BCUT2D eigenvalue weighted by molar-refractivity contribution is -0.0334. The van der Waals surface area contributed by atoms with Gasteiger partial charge in [-0.1, -0.05) is 0 Å². The number of ether oxygens (including phenoxy) is 1. The van der Waals surface area contributed by atoms with E-state index >= 15 is 0 Å². The zero-order valence-electron chi connectivity index (χ0n) is 14.2. The fraction of sp³-hybridized carbons (Fsp3) is 0.688. The Morgan fingerprint density at radius 1 is 1.35 bits per heavy atom. The first-order valence-electron chi connectivity index (χ1n) is 7.84. The SMILES string of the molecule is CC(C)(S)C(C)(C)OBc1cnc(OC2(CF)CCC2)c(F)c1. The van der Waals surface area contributed by atoms with Crippen molar-refractivity contribution >= 4 is 25.6 Å². The van der Waals surface area contributed by atoms with Gasteiger partial charge in [-0.05, 0) is 58.5 Å². The van der Waals surface area contributed by atoms with Crippen LogP contribution in [0.4, 0.5) is 8.78 Å². The second kappa shape index (κ2) is 6.59. The zero-order chi connectivity index (χ0) is 17.3. The molecule has 128 valence electrons. The van der Waals surface area contributed by atoms with Gasteiger partial charge < -0.3 is 9.39 Å². The van der Waals surface area contributed by atoms with Crippen LogP contribution >= 0.6 is 12.6 Å². The number of pyridine rings is 1. The van der Waals surface area contributed by atoms with E-state index in [4.69, 9.17) is 9.39 Å². The minimum absolute atomic E-state index is 0.139. The number of alkyl halides is 1. The summed E-state index contributed by atoms with van der Waals surface area (Å²) in [5.74, 6) is -0.728. The Kier molecular flexibility index (Phi) is 5.31. The third-order valence-corrected chi connectivity index (χ3v) is 5.30. The Morgan fingerprint density at radius 2 is 2.00 bits per heavy atom. The van der Waals surface area contributed by atoms with Crippen molar-refractivity contribution in [2.75, 3.05) is 6.67 Å². The number of hydrogen-bond donors (Lipinski definition) is 1. The highest BCUT2D eigenvalue weighted by molar-refractivity contribution is 7.81. The van der Waals surface area contributed by atoms with Crippen molar-refractivity contribution in [2.45, 2.75) is 62.9 Å². The van der Waals surface area contributed by atoms with E-state index in [-0.39, 0.29) is 18.1 Å². The van der Waals surface area contributed by atoms with Crippen LogP contribution in [-0.2, 0) is 4.65 Å². The molecule has 0 unspecified atom stereocenters. The number of thiol groups is 1. The van der Waals surface area contributed by atoms with Crippen molar-refractivity contribution < 1.29 is 18.2 Å². The highest BCUT2D eigenvalue weighted by Gasteiger charge is 2.40. The molecule has 2 rings (SSSR count). The molecular weight excluding hydrogens is 319 g/mol. The second-order valence-corrected chi connectivity index (χ2v) is 8.38. The molecule has 0 saturated heterocycles. The van der Waals surface area contributed by atoms with Gasteiger partial charge in [0.25, 0.3) is 5.88 Å². The van der Waals surface area contributed by atoms with Crippen LogP contribution in [0.3, 0.4) is 0 Å². The van der Waals surface area contributed by atoms with E-state index in [1.54, 1.807) is 0 Å². The largest absolute Gasteiger partial charge is 0.466 e. The van der Waals surface area contributed by atoms with E-state index in [9.17, 15) is 8.78 Å². The first-order chi connectivity index (χ1) is 10.6. The summed E-state index contributed by atoms with van der Waals surface area (Å²) in [5, 5.41) is 0. The first kappa shape index (κ1) is 18.5. The summed E-state index contributed by atoms with van der Waals surface area (Å²) in [6.07, 6.45) is 3.60. The van der Waals surface area contributed by atoms with Crippen LogP contribution in [0.5, 0.6) is 5.88 Å². The van der Waals surface area contributed by atoms with Crippen LogP contribution in [0, 0.1) is 5.82 Å². The molecule has 0 spiro atoms. The average molecular weight is 343 g/mol. The fourth-order valence-electron chi connectivity index (χ4n) is 2.10. The van der Waals surface area contributed by atoms with Crippen molar-refractivity contribution in [1.29, 1.82) is 0 Å². The van der Waals surface area contributed by atoms with E-state index < -0.39 is 23.7 Å². The van der Waals surface area contributed by atoms with Crippen LogP contribution in [-0.4, -0.2) is 35.1 Å². The molecule has 1 saturated carbocycles. The molecule has 0 aliphatic heterocycles. The van der Waals surface area contributed by atoms with Gasteiger partial charge in [0, 0.05) is 10.9 Å². The number of nitrogens with zero attached hydrogens (tertiary/aromatic N) is 1. The first-order valence-corrected chi connectivity index (χ1v) is 8.29. The molecule has 1 aliphatic carbocycles. The normalized spacial score (nSPS) is 17.5. The summed E-state index contributed by atoms with van der Waals surface area (Å²) in [7, 11) is 0.218. The zero-order valence-corrected chi connectivity index (χ0v) is 15.1. The van der Waals surface area contributed by atoms with Crippen molar-refractivity contribution in [3.63, 3.8) is 0 Å². The summed E-state index contributed by atoms with van der Waals surface area (Å²) in [4.78, 5) is 3.99. The van der Waals surface area contributed by atoms with E-state index in [1.165, 1.54) is 12.3 Å². The third kappa shape index (κ3) is 4.18.